The predicted molar refractivity (Wildman–Crippen MR) is 69.8 cm³/mol. The molecule has 90 valence electrons. The first-order chi connectivity index (χ1) is 8.79. The molecule has 5 nitrogen and oxygen atoms in total. The molecule has 2 heterocycles. The highest BCUT2D eigenvalue weighted by atomic mass is 16.5. The molecule has 0 unspecified atom stereocenters. The van der Waals surface area contributed by atoms with Crippen molar-refractivity contribution in [3.8, 4) is 11.4 Å². The van der Waals surface area contributed by atoms with Crippen molar-refractivity contribution < 1.29 is 4.74 Å². The summed E-state index contributed by atoms with van der Waals surface area (Å²) in [5.41, 5.74) is 7.70. The van der Waals surface area contributed by atoms with Gasteiger partial charge in [0.05, 0.1) is 24.5 Å². The molecule has 0 aliphatic heterocycles. The maximum atomic E-state index is 5.89. The van der Waals surface area contributed by atoms with Crippen LogP contribution in [0.5, 0.6) is 5.75 Å². The lowest BCUT2D eigenvalue weighted by atomic mass is 10.3. The number of methoxy groups -OCH3 is 1. The number of rotatable bonds is 2. The summed E-state index contributed by atoms with van der Waals surface area (Å²) in [6, 6.07) is 9.48. The molecule has 0 atom stereocenters. The van der Waals surface area contributed by atoms with Crippen molar-refractivity contribution in [2.24, 2.45) is 0 Å². The number of anilines is 1. The van der Waals surface area contributed by atoms with Crippen molar-refractivity contribution in [2.75, 3.05) is 12.8 Å². The van der Waals surface area contributed by atoms with Crippen LogP contribution < -0.4 is 10.5 Å². The molecule has 3 aromatic rings. The van der Waals surface area contributed by atoms with Crippen LogP contribution in [0.2, 0.25) is 0 Å². The van der Waals surface area contributed by atoms with Gasteiger partial charge in [-0.3, -0.25) is 4.98 Å². The van der Waals surface area contributed by atoms with Crippen LogP contribution in [-0.4, -0.2) is 21.9 Å². The van der Waals surface area contributed by atoms with Crippen LogP contribution in [0, 0.1) is 0 Å². The number of hydrogen-bond acceptors (Lipinski definition) is 4. The minimum absolute atomic E-state index is 0.503. The van der Waals surface area contributed by atoms with Crippen molar-refractivity contribution in [2.45, 2.75) is 0 Å². The summed E-state index contributed by atoms with van der Waals surface area (Å²) < 4.78 is 6.91. The predicted octanol–water partition coefficient (Wildman–Crippen LogP) is 2.01. The zero-order valence-electron chi connectivity index (χ0n) is 9.87. The van der Waals surface area contributed by atoms with Gasteiger partial charge in [0.25, 0.3) is 0 Å². The maximum absolute atomic E-state index is 5.89. The van der Waals surface area contributed by atoms with E-state index in [4.69, 9.17) is 10.5 Å². The van der Waals surface area contributed by atoms with Gasteiger partial charge in [0.1, 0.15) is 5.75 Å². The van der Waals surface area contributed by atoms with Crippen molar-refractivity contribution in [1.29, 1.82) is 0 Å². The van der Waals surface area contributed by atoms with Crippen molar-refractivity contribution in [3.05, 3.63) is 42.7 Å². The van der Waals surface area contributed by atoms with E-state index < -0.39 is 0 Å². The van der Waals surface area contributed by atoms with E-state index in [9.17, 15) is 0 Å². The van der Waals surface area contributed by atoms with Gasteiger partial charge in [0.15, 0.2) is 5.82 Å². The van der Waals surface area contributed by atoms with Crippen LogP contribution in [0.15, 0.2) is 42.7 Å². The van der Waals surface area contributed by atoms with Gasteiger partial charge in [-0.25, -0.2) is 4.68 Å². The third-order valence-corrected chi connectivity index (χ3v) is 2.83. The Balaban J connectivity index is 2.18. The average molecular weight is 240 g/mol. The van der Waals surface area contributed by atoms with E-state index >= 15 is 0 Å². The Morgan fingerprint density at radius 1 is 1.17 bits per heavy atom. The van der Waals surface area contributed by atoms with Gasteiger partial charge in [-0.05, 0) is 30.3 Å². The van der Waals surface area contributed by atoms with E-state index in [-0.39, 0.29) is 0 Å². The first kappa shape index (κ1) is 10.6. The number of nitrogens with two attached hydrogens (primary N) is 1. The van der Waals surface area contributed by atoms with Gasteiger partial charge in [-0.15, -0.1) is 5.10 Å². The van der Waals surface area contributed by atoms with Gasteiger partial charge in [-0.1, -0.05) is 0 Å². The summed E-state index contributed by atoms with van der Waals surface area (Å²) in [7, 11) is 1.64. The fraction of sp³-hybridized carbons (Fsp3) is 0.0769. The normalized spacial score (nSPS) is 10.7. The Kier molecular flexibility index (Phi) is 2.37. The molecule has 0 spiro atoms. The number of ether oxygens (including phenoxy) is 1. The number of nitrogen functional groups attached to an aromatic ring is 1. The summed E-state index contributed by atoms with van der Waals surface area (Å²) in [5.74, 6) is 1.31. The molecule has 0 fully saturated rings. The molecular weight excluding hydrogens is 228 g/mol. The molecule has 18 heavy (non-hydrogen) atoms. The van der Waals surface area contributed by atoms with Crippen LogP contribution in [0.25, 0.3) is 16.6 Å². The summed E-state index contributed by atoms with van der Waals surface area (Å²) >= 11 is 0. The summed E-state index contributed by atoms with van der Waals surface area (Å²) in [6.45, 7) is 0. The molecular formula is C13H12N4O. The Morgan fingerprint density at radius 3 is 2.67 bits per heavy atom. The Bertz CT molecular complexity index is 688. The SMILES string of the molecule is COc1ccc(-n2nc(N)c3ccncc32)cc1. The largest absolute Gasteiger partial charge is 0.497 e. The number of fused-ring (bicyclic) bond motifs is 1. The zero-order valence-corrected chi connectivity index (χ0v) is 9.87. The van der Waals surface area contributed by atoms with E-state index in [1.165, 1.54) is 0 Å². The third-order valence-electron chi connectivity index (χ3n) is 2.83. The van der Waals surface area contributed by atoms with E-state index in [2.05, 4.69) is 10.1 Å². The number of benzene rings is 1. The minimum Gasteiger partial charge on any atom is -0.497 e. The average Bonchev–Trinajstić information content (AvgIpc) is 2.77. The monoisotopic (exact) mass is 240 g/mol. The molecule has 5 heteroatoms. The highest BCUT2D eigenvalue weighted by Crippen LogP contribution is 2.23. The minimum atomic E-state index is 0.503. The lowest BCUT2D eigenvalue weighted by Gasteiger charge is -2.04. The van der Waals surface area contributed by atoms with Crippen LogP contribution in [0.3, 0.4) is 0 Å². The van der Waals surface area contributed by atoms with Gasteiger partial charge in [0.2, 0.25) is 0 Å². The van der Waals surface area contributed by atoms with E-state index in [1.54, 1.807) is 24.2 Å². The smallest absolute Gasteiger partial charge is 0.153 e. The Morgan fingerprint density at radius 2 is 1.94 bits per heavy atom. The van der Waals surface area contributed by atoms with Crippen molar-refractivity contribution >= 4 is 16.7 Å². The molecule has 1 aromatic carbocycles. The molecule has 2 aromatic heterocycles. The molecule has 0 bridgehead atoms. The van der Waals surface area contributed by atoms with Crippen LogP contribution in [-0.2, 0) is 0 Å². The summed E-state index contributed by atoms with van der Waals surface area (Å²) in [4.78, 5) is 4.11. The standard InChI is InChI=1S/C13H12N4O/c1-18-10-4-2-9(3-5-10)17-12-8-15-7-6-11(12)13(14)16-17/h2-8H,1H3,(H2,14,16). The molecule has 0 aliphatic rings. The first-order valence-electron chi connectivity index (χ1n) is 5.52. The van der Waals surface area contributed by atoms with Crippen LogP contribution in [0.1, 0.15) is 0 Å². The molecule has 0 aliphatic carbocycles. The molecule has 0 radical (unpaired) electrons. The Hall–Kier alpha value is -2.56. The van der Waals surface area contributed by atoms with Gasteiger partial charge < -0.3 is 10.5 Å². The fourth-order valence-corrected chi connectivity index (χ4v) is 1.91. The van der Waals surface area contributed by atoms with Crippen molar-refractivity contribution in [3.63, 3.8) is 0 Å². The number of pyridine rings is 1. The topological polar surface area (TPSA) is 66.0 Å². The number of nitrogens with zero attached hydrogens (tertiary/aromatic N) is 3. The number of hydrogen-bond donors (Lipinski definition) is 1. The molecule has 0 amide bonds. The second-order valence-corrected chi connectivity index (χ2v) is 3.89. The second-order valence-electron chi connectivity index (χ2n) is 3.89. The first-order valence-corrected chi connectivity index (χ1v) is 5.52. The summed E-state index contributed by atoms with van der Waals surface area (Å²) in [5, 5.41) is 5.23. The lowest BCUT2D eigenvalue weighted by Crippen LogP contribution is -1.97. The fourth-order valence-electron chi connectivity index (χ4n) is 1.91. The Labute approximate surface area is 104 Å². The van der Waals surface area contributed by atoms with Gasteiger partial charge in [0, 0.05) is 11.6 Å². The van der Waals surface area contributed by atoms with E-state index in [0.29, 0.717) is 5.82 Å². The maximum Gasteiger partial charge on any atom is 0.153 e. The second kappa shape index (κ2) is 4.03. The highest BCUT2D eigenvalue weighted by molar-refractivity contribution is 5.89. The molecule has 2 N–H and O–H groups in total. The third kappa shape index (κ3) is 1.57. The van der Waals surface area contributed by atoms with E-state index in [1.807, 2.05) is 30.3 Å². The zero-order chi connectivity index (χ0) is 12.5. The van der Waals surface area contributed by atoms with Crippen LogP contribution in [0.4, 0.5) is 5.82 Å². The molecule has 0 saturated heterocycles. The van der Waals surface area contributed by atoms with Gasteiger partial charge >= 0.3 is 0 Å². The molecule has 0 saturated carbocycles. The molecule has 3 rings (SSSR count). The van der Waals surface area contributed by atoms with Crippen molar-refractivity contribution in [1.82, 2.24) is 14.8 Å². The van der Waals surface area contributed by atoms with Gasteiger partial charge in [-0.2, -0.15) is 0 Å². The van der Waals surface area contributed by atoms with Crippen LogP contribution >= 0.6 is 0 Å². The summed E-state index contributed by atoms with van der Waals surface area (Å²) in [6.07, 6.45) is 3.46. The van der Waals surface area contributed by atoms with E-state index in [0.717, 1.165) is 22.3 Å². The lowest BCUT2D eigenvalue weighted by molar-refractivity contribution is 0.414. The number of aromatic nitrogens is 3. The quantitative estimate of drug-likeness (QED) is 0.744. The highest BCUT2D eigenvalue weighted by Gasteiger charge is 2.09.